The van der Waals surface area contributed by atoms with Crippen molar-refractivity contribution < 1.29 is 14.7 Å². The summed E-state index contributed by atoms with van der Waals surface area (Å²) in [4.78, 5) is 25.0. The van der Waals surface area contributed by atoms with Crippen molar-refractivity contribution in [3.8, 4) is 0 Å². The molecule has 0 bridgehead atoms. The van der Waals surface area contributed by atoms with E-state index < -0.39 is 12.0 Å². The van der Waals surface area contributed by atoms with Crippen molar-refractivity contribution in [3.63, 3.8) is 0 Å². The Morgan fingerprint density at radius 1 is 1.20 bits per heavy atom. The lowest BCUT2D eigenvalue weighted by Crippen LogP contribution is -2.52. The van der Waals surface area contributed by atoms with E-state index in [1.165, 1.54) is 0 Å². The zero-order valence-electron chi connectivity index (χ0n) is 13.3. The summed E-state index contributed by atoms with van der Waals surface area (Å²) in [5, 5.41) is 11.7. The maximum absolute atomic E-state index is 12.1. The largest absolute Gasteiger partial charge is 0.480 e. The van der Waals surface area contributed by atoms with Gasteiger partial charge in [-0.25, -0.2) is 9.59 Å². The molecule has 2 amide bonds. The van der Waals surface area contributed by atoms with E-state index in [1.54, 1.807) is 18.7 Å². The topological polar surface area (TPSA) is 69.6 Å². The lowest BCUT2D eigenvalue weighted by atomic mass is 9.75. The predicted molar refractivity (Wildman–Crippen MR) is 78.5 cm³/mol. The van der Waals surface area contributed by atoms with Crippen molar-refractivity contribution in [2.75, 3.05) is 13.1 Å². The minimum atomic E-state index is -0.974. The molecule has 0 unspecified atom stereocenters. The number of urea groups is 1. The zero-order chi connectivity index (χ0) is 15.5. The number of carbonyl (C=O) groups excluding carboxylic acids is 1. The third-order valence-corrected chi connectivity index (χ3v) is 4.22. The van der Waals surface area contributed by atoms with Gasteiger partial charge < -0.3 is 15.3 Å². The Morgan fingerprint density at radius 2 is 1.70 bits per heavy atom. The number of piperidine rings is 1. The SMILES string of the molecule is CC(C)[C@H](NC(=O)N1CCC(C(C)(C)C)CC1)C(=O)O. The molecule has 1 atom stereocenters. The number of hydrogen-bond donors (Lipinski definition) is 2. The van der Waals surface area contributed by atoms with Crippen LogP contribution in [0.5, 0.6) is 0 Å². The molecular weight excluding hydrogens is 256 g/mol. The van der Waals surface area contributed by atoms with E-state index in [-0.39, 0.29) is 17.4 Å². The first-order chi connectivity index (χ1) is 9.12. The molecular formula is C15H28N2O3. The highest BCUT2D eigenvalue weighted by Crippen LogP contribution is 2.34. The molecule has 5 heteroatoms. The van der Waals surface area contributed by atoms with Gasteiger partial charge in [0.15, 0.2) is 0 Å². The van der Waals surface area contributed by atoms with E-state index in [0.29, 0.717) is 19.0 Å². The maximum Gasteiger partial charge on any atom is 0.326 e. The Bertz CT molecular complexity index is 353. The van der Waals surface area contributed by atoms with Gasteiger partial charge in [0.1, 0.15) is 6.04 Å². The summed E-state index contributed by atoms with van der Waals surface area (Å²) in [6, 6.07) is -1.07. The van der Waals surface area contributed by atoms with Gasteiger partial charge in [0.2, 0.25) is 0 Å². The summed E-state index contributed by atoms with van der Waals surface area (Å²) in [6.07, 6.45) is 1.96. The Morgan fingerprint density at radius 3 is 2.05 bits per heavy atom. The second kappa shape index (κ2) is 6.46. The number of carbonyl (C=O) groups is 2. The number of rotatable bonds is 3. The van der Waals surface area contributed by atoms with Crippen LogP contribution in [0.25, 0.3) is 0 Å². The van der Waals surface area contributed by atoms with Gasteiger partial charge in [0, 0.05) is 13.1 Å². The molecule has 0 saturated carbocycles. The van der Waals surface area contributed by atoms with Crippen LogP contribution in [0.2, 0.25) is 0 Å². The van der Waals surface area contributed by atoms with E-state index >= 15 is 0 Å². The fourth-order valence-corrected chi connectivity index (χ4v) is 2.69. The number of nitrogens with one attached hydrogen (secondary N) is 1. The van der Waals surface area contributed by atoms with E-state index in [9.17, 15) is 9.59 Å². The molecule has 0 aliphatic carbocycles. The minimum Gasteiger partial charge on any atom is -0.480 e. The zero-order valence-corrected chi connectivity index (χ0v) is 13.3. The highest BCUT2D eigenvalue weighted by molar-refractivity contribution is 5.82. The van der Waals surface area contributed by atoms with Crippen LogP contribution in [0.4, 0.5) is 4.79 Å². The van der Waals surface area contributed by atoms with Gasteiger partial charge in [-0.3, -0.25) is 0 Å². The van der Waals surface area contributed by atoms with Crippen LogP contribution < -0.4 is 5.32 Å². The molecule has 0 spiro atoms. The summed E-state index contributed by atoms with van der Waals surface area (Å²) in [5.41, 5.74) is 0.268. The Hall–Kier alpha value is -1.26. The summed E-state index contributed by atoms with van der Waals surface area (Å²) in [7, 11) is 0. The van der Waals surface area contributed by atoms with Gasteiger partial charge >= 0.3 is 12.0 Å². The average Bonchev–Trinajstić information content (AvgIpc) is 2.34. The number of hydrogen-bond acceptors (Lipinski definition) is 2. The van der Waals surface area contributed by atoms with Crippen LogP contribution in [0.15, 0.2) is 0 Å². The predicted octanol–water partition coefficient (Wildman–Crippen LogP) is 2.56. The Balaban J connectivity index is 2.53. The first-order valence-corrected chi connectivity index (χ1v) is 7.41. The van der Waals surface area contributed by atoms with Gasteiger partial charge in [-0.1, -0.05) is 34.6 Å². The van der Waals surface area contributed by atoms with Crippen molar-refractivity contribution in [3.05, 3.63) is 0 Å². The molecule has 0 aromatic carbocycles. The van der Waals surface area contributed by atoms with Gasteiger partial charge in [0.25, 0.3) is 0 Å². The molecule has 1 aliphatic rings. The summed E-state index contributed by atoms with van der Waals surface area (Å²) >= 11 is 0. The van der Waals surface area contributed by atoms with E-state index in [2.05, 4.69) is 26.1 Å². The molecule has 0 radical (unpaired) electrons. The highest BCUT2D eigenvalue weighted by atomic mass is 16.4. The van der Waals surface area contributed by atoms with Crippen molar-refractivity contribution in [2.45, 2.75) is 53.5 Å². The minimum absolute atomic E-state index is 0.122. The van der Waals surface area contributed by atoms with Crippen molar-refractivity contribution in [1.82, 2.24) is 10.2 Å². The fourth-order valence-electron chi connectivity index (χ4n) is 2.69. The molecule has 5 nitrogen and oxygen atoms in total. The van der Waals surface area contributed by atoms with Gasteiger partial charge in [-0.05, 0) is 30.1 Å². The van der Waals surface area contributed by atoms with Gasteiger partial charge in [-0.15, -0.1) is 0 Å². The van der Waals surface area contributed by atoms with Gasteiger partial charge in [0.05, 0.1) is 0 Å². The molecule has 20 heavy (non-hydrogen) atoms. The number of carboxylic acid groups (broad SMARTS) is 1. The van der Waals surface area contributed by atoms with Crippen molar-refractivity contribution in [2.24, 2.45) is 17.3 Å². The third kappa shape index (κ3) is 4.39. The number of amides is 2. The summed E-state index contributed by atoms with van der Waals surface area (Å²) in [5.74, 6) is -0.478. The van der Waals surface area contributed by atoms with Crippen LogP contribution in [0, 0.1) is 17.3 Å². The molecule has 1 fully saturated rings. The van der Waals surface area contributed by atoms with Crippen LogP contribution in [-0.4, -0.2) is 41.1 Å². The van der Waals surface area contributed by atoms with E-state index in [1.807, 2.05) is 0 Å². The summed E-state index contributed by atoms with van der Waals surface area (Å²) < 4.78 is 0. The lowest BCUT2D eigenvalue weighted by Gasteiger charge is -2.39. The molecule has 1 heterocycles. The highest BCUT2D eigenvalue weighted by Gasteiger charge is 2.32. The number of carboxylic acids is 1. The molecule has 1 aliphatic heterocycles. The molecule has 1 saturated heterocycles. The monoisotopic (exact) mass is 284 g/mol. The van der Waals surface area contributed by atoms with Crippen LogP contribution in [0.1, 0.15) is 47.5 Å². The first kappa shape index (κ1) is 16.8. The molecule has 0 aromatic heterocycles. The normalized spacial score (nSPS) is 19.0. The van der Waals surface area contributed by atoms with Crippen LogP contribution in [-0.2, 0) is 4.79 Å². The Labute approximate surface area is 121 Å². The Kier molecular flexibility index (Phi) is 5.42. The second-order valence-corrected chi connectivity index (χ2v) is 7.14. The molecule has 2 N–H and O–H groups in total. The first-order valence-electron chi connectivity index (χ1n) is 7.41. The second-order valence-electron chi connectivity index (χ2n) is 7.14. The van der Waals surface area contributed by atoms with E-state index in [0.717, 1.165) is 12.8 Å². The standard InChI is InChI=1S/C15H28N2O3/c1-10(2)12(13(18)19)16-14(20)17-8-6-11(7-9-17)15(3,4)5/h10-12H,6-9H2,1-5H3,(H,16,20)(H,18,19)/t12-/m0/s1. The smallest absolute Gasteiger partial charge is 0.326 e. The van der Waals surface area contributed by atoms with Gasteiger partial charge in [-0.2, -0.15) is 0 Å². The van der Waals surface area contributed by atoms with Crippen molar-refractivity contribution in [1.29, 1.82) is 0 Å². The maximum atomic E-state index is 12.1. The molecule has 1 rings (SSSR count). The summed E-state index contributed by atoms with van der Waals surface area (Å²) in [6.45, 7) is 11.7. The average molecular weight is 284 g/mol. The lowest BCUT2D eigenvalue weighted by molar-refractivity contribution is -0.140. The number of likely N-dealkylation sites (tertiary alicyclic amines) is 1. The quantitative estimate of drug-likeness (QED) is 0.837. The van der Waals surface area contributed by atoms with Crippen LogP contribution >= 0.6 is 0 Å². The third-order valence-electron chi connectivity index (χ3n) is 4.22. The fraction of sp³-hybridized carbons (Fsp3) is 0.867. The van der Waals surface area contributed by atoms with Crippen LogP contribution in [0.3, 0.4) is 0 Å². The number of nitrogens with zero attached hydrogens (tertiary/aromatic N) is 1. The van der Waals surface area contributed by atoms with Crippen molar-refractivity contribution >= 4 is 12.0 Å². The van der Waals surface area contributed by atoms with E-state index in [4.69, 9.17) is 5.11 Å². The molecule has 116 valence electrons. The number of aliphatic carboxylic acids is 1. The molecule has 0 aromatic rings.